The van der Waals surface area contributed by atoms with Crippen LogP contribution in [0.15, 0.2) is 29.2 Å². The second-order valence-corrected chi connectivity index (χ2v) is 7.12. The highest BCUT2D eigenvalue weighted by Crippen LogP contribution is 2.26. The van der Waals surface area contributed by atoms with Gasteiger partial charge in [0, 0.05) is 31.4 Å². The zero-order chi connectivity index (χ0) is 14.8. The van der Waals surface area contributed by atoms with Gasteiger partial charge >= 0.3 is 0 Å². The maximum absolute atomic E-state index is 11.9. The zero-order valence-corrected chi connectivity index (χ0v) is 12.9. The maximum Gasteiger partial charge on any atom is 0.240 e. The number of hydrogen-bond donors (Lipinski definition) is 2. The lowest BCUT2D eigenvalue weighted by atomic mass is 10.0. The Hall–Kier alpha value is -1.11. The van der Waals surface area contributed by atoms with Crippen molar-refractivity contribution in [1.82, 2.24) is 4.72 Å². The molecule has 6 heteroatoms. The number of nitrogens with two attached hydrogens (primary N) is 1. The van der Waals surface area contributed by atoms with Gasteiger partial charge in [0.1, 0.15) is 0 Å². The van der Waals surface area contributed by atoms with Crippen LogP contribution in [0.25, 0.3) is 0 Å². The molecule has 112 valence electrons. The minimum absolute atomic E-state index is 0.202. The summed E-state index contributed by atoms with van der Waals surface area (Å²) in [4.78, 5) is 2.57. The molecule has 1 aliphatic rings. The van der Waals surface area contributed by atoms with Crippen LogP contribution in [0.5, 0.6) is 0 Å². The standard InChI is InChI=1S/C14H23N3O2S/c1-3-16-20(18,19)14-6-4-13(5-7-14)17-9-8-12(10-17)11(2)15/h4-7,11-12,16H,3,8-10,15H2,1-2H3. The van der Waals surface area contributed by atoms with Crippen LogP contribution in [0.1, 0.15) is 20.3 Å². The summed E-state index contributed by atoms with van der Waals surface area (Å²) in [5.74, 6) is 0.514. The van der Waals surface area contributed by atoms with E-state index in [1.807, 2.05) is 19.1 Å². The normalized spacial score (nSPS) is 21.1. The molecular formula is C14H23N3O2S. The van der Waals surface area contributed by atoms with Crippen LogP contribution in [0, 0.1) is 5.92 Å². The molecule has 1 saturated heterocycles. The van der Waals surface area contributed by atoms with Crippen molar-refractivity contribution in [2.45, 2.75) is 31.2 Å². The van der Waals surface area contributed by atoms with Gasteiger partial charge in [0.15, 0.2) is 0 Å². The van der Waals surface area contributed by atoms with E-state index >= 15 is 0 Å². The topological polar surface area (TPSA) is 75.4 Å². The summed E-state index contributed by atoms with van der Waals surface area (Å²) in [7, 11) is -3.36. The predicted octanol–water partition coefficient (Wildman–Crippen LogP) is 1.16. The number of nitrogens with one attached hydrogen (secondary N) is 1. The van der Waals surface area contributed by atoms with E-state index in [1.54, 1.807) is 19.1 Å². The van der Waals surface area contributed by atoms with Crippen molar-refractivity contribution >= 4 is 15.7 Å². The van der Waals surface area contributed by atoms with Gasteiger partial charge in [-0.2, -0.15) is 0 Å². The van der Waals surface area contributed by atoms with Gasteiger partial charge in [-0.15, -0.1) is 0 Å². The molecule has 2 atom stereocenters. The Morgan fingerprint density at radius 2 is 2.05 bits per heavy atom. The van der Waals surface area contributed by atoms with E-state index in [9.17, 15) is 8.42 Å². The Morgan fingerprint density at radius 1 is 1.40 bits per heavy atom. The molecule has 20 heavy (non-hydrogen) atoms. The largest absolute Gasteiger partial charge is 0.371 e. The lowest BCUT2D eigenvalue weighted by molar-refractivity contribution is 0.488. The summed E-state index contributed by atoms with van der Waals surface area (Å²) < 4.78 is 26.2. The zero-order valence-electron chi connectivity index (χ0n) is 12.0. The number of sulfonamides is 1. The summed E-state index contributed by atoms with van der Waals surface area (Å²) in [5.41, 5.74) is 7.00. The molecule has 0 bridgehead atoms. The third-order valence-corrected chi connectivity index (χ3v) is 5.38. The van der Waals surface area contributed by atoms with Gasteiger partial charge in [-0.1, -0.05) is 6.92 Å². The summed E-state index contributed by atoms with van der Waals surface area (Å²) >= 11 is 0. The van der Waals surface area contributed by atoms with Crippen molar-refractivity contribution in [3.8, 4) is 0 Å². The molecular weight excluding hydrogens is 274 g/mol. The summed E-state index contributed by atoms with van der Waals surface area (Å²) in [6.45, 7) is 6.12. The molecule has 0 saturated carbocycles. The van der Waals surface area contributed by atoms with Crippen molar-refractivity contribution in [1.29, 1.82) is 0 Å². The highest BCUT2D eigenvalue weighted by molar-refractivity contribution is 7.89. The fraction of sp³-hybridized carbons (Fsp3) is 0.571. The molecule has 1 fully saturated rings. The molecule has 2 unspecified atom stereocenters. The van der Waals surface area contributed by atoms with Gasteiger partial charge < -0.3 is 10.6 Å². The first-order chi connectivity index (χ1) is 9.44. The summed E-state index contributed by atoms with van der Waals surface area (Å²) in [5, 5.41) is 0. The third kappa shape index (κ3) is 3.31. The predicted molar refractivity (Wildman–Crippen MR) is 81.3 cm³/mol. The molecule has 0 spiro atoms. The Kier molecular flexibility index (Phi) is 4.67. The Labute approximate surface area is 121 Å². The quantitative estimate of drug-likeness (QED) is 0.855. The minimum atomic E-state index is -3.36. The van der Waals surface area contributed by atoms with E-state index in [1.165, 1.54) is 0 Å². The summed E-state index contributed by atoms with van der Waals surface area (Å²) in [6.07, 6.45) is 1.09. The van der Waals surface area contributed by atoms with Crippen molar-refractivity contribution in [3.05, 3.63) is 24.3 Å². The average Bonchev–Trinajstić information content (AvgIpc) is 2.88. The van der Waals surface area contributed by atoms with E-state index in [0.29, 0.717) is 17.4 Å². The van der Waals surface area contributed by atoms with E-state index < -0.39 is 10.0 Å². The van der Waals surface area contributed by atoms with Gasteiger partial charge in [-0.05, 0) is 43.5 Å². The monoisotopic (exact) mass is 297 g/mol. The van der Waals surface area contributed by atoms with Gasteiger partial charge in [0.25, 0.3) is 0 Å². The summed E-state index contributed by atoms with van der Waals surface area (Å²) in [6, 6.07) is 7.26. The SMILES string of the molecule is CCNS(=O)(=O)c1ccc(N2CCC(C(C)N)C2)cc1. The molecule has 1 heterocycles. The Balaban J connectivity index is 2.10. The maximum atomic E-state index is 11.9. The van der Waals surface area contributed by atoms with Crippen molar-refractivity contribution in [3.63, 3.8) is 0 Å². The van der Waals surface area contributed by atoms with E-state index in [-0.39, 0.29) is 6.04 Å². The third-order valence-electron chi connectivity index (χ3n) is 3.81. The Bertz CT molecular complexity index is 540. The van der Waals surface area contributed by atoms with Crippen molar-refractivity contribution in [2.75, 3.05) is 24.5 Å². The molecule has 0 radical (unpaired) electrons. The first kappa shape index (κ1) is 15.3. The molecule has 1 aromatic rings. The van der Waals surface area contributed by atoms with Crippen LogP contribution in [-0.4, -0.2) is 34.1 Å². The minimum Gasteiger partial charge on any atom is -0.371 e. The van der Waals surface area contributed by atoms with Crippen LogP contribution < -0.4 is 15.4 Å². The van der Waals surface area contributed by atoms with Crippen LogP contribution in [0.3, 0.4) is 0 Å². The van der Waals surface area contributed by atoms with Crippen LogP contribution in [-0.2, 0) is 10.0 Å². The fourth-order valence-corrected chi connectivity index (χ4v) is 3.60. The van der Waals surface area contributed by atoms with Crippen molar-refractivity contribution < 1.29 is 8.42 Å². The van der Waals surface area contributed by atoms with Crippen LogP contribution in [0.4, 0.5) is 5.69 Å². The molecule has 1 aromatic carbocycles. The number of anilines is 1. The first-order valence-corrected chi connectivity index (χ1v) is 8.52. The van der Waals surface area contributed by atoms with Crippen molar-refractivity contribution in [2.24, 2.45) is 11.7 Å². The highest BCUT2D eigenvalue weighted by Gasteiger charge is 2.25. The number of hydrogen-bond acceptors (Lipinski definition) is 4. The van der Waals surface area contributed by atoms with Gasteiger partial charge in [-0.3, -0.25) is 0 Å². The van der Waals surface area contributed by atoms with Crippen LogP contribution in [0.2, 0.25) is 0 Å². The highest BCUT2D eigenvalue weighted by atomic mass is 32.2. The van der Waals surface area contributed by atoms with E-state index in [4.69, 9.17) is 5.73 Å². The molecule has 3 N–H and O–H groups in total. The fourth-order valence-electron chi connectivity index (χ4n) is 2.56. The lowest BCUT2D eigenvalue weighted by Gasteiger charge is -2.20. The molecule has 5 nitrogen and oxygen atoms in total. The van der Waals surface area contributed by atoms with Gasteiger partial charge in [0.2, 0.25) is 10.0 Å². The second-order valence-electron chi connectivity index (χ2n) is 5.35. The van der Waals surface area contributed by atoms with Crippen LogP contribution >= 0.6 is 0 Å². The number of rotatable bonds is 5. The Morgan fingerprint density at radius 3 is 2.55 bits per heavy atom. The molecule has 1 aliphatic heterocycles. The number of benzene rings is 1. The molecule has 2 rings (SSSR count). The van der Waals surface area contributed by atoms with Gasteiger partial charge in [-0.25, -0.2) is 13.1 Å². The van der Waals surface area contributed by atoms with E-state index in [0.717, 1.165) is 25.2 Å². The molecule has 0 aromatic heterocycles. The van der Waals surface area contributed by atoms with E-state index in [2.05, 4.69) is 9.62 Å². The lowest BCUT2D eigenvalue weighted by Crippen LogP contribution is -2.29. The first-order valence-electron chi connectivity index (χ1n) is 7.04. The second kappa shape index (κ2) is 6.11. The average molecular weight is 297 g/mol. The van der Waals surface area contributed by atoms with Gasteiger partial charge in [0.05, 0.1) is 4.90 Å². The molecule has 0 amide bonds. The smallest absolute Gasteiger partial charge is 0.240 e. The number of nitrogens with zero attached hydrogens (tertiary/aromatic N) is 1. The molecule has 0 aliphatic carbocycles.